The second-order valence-electron chi connectivity index (χ2n) is 4.11. The van der Waals surface area contributed by atoms with E-state index in [9.17, 15) is 4.79 Å². The first-order valence-electron chi connectivity index (χ1n) is 4.18. The first-order chi connectivity index (χ1) is 5.25. The Kier molecular flexibility index (Phi) is 3.97. The van der Waals surface area contributed by atoms with E-state index in [0.29, 0.717) is 0 Å². The number of carboxylic acid groups (broad SMARTS) is 1. The number of alkyl halides is 1. The van der Waals surface area contributed by atoms with Gasteiger partial charge in [0.15, 0.2) is 0 Å². The Morgan fingerprint density at radius 2 is 1.92 bits per heavy atom. The molecule has 0 fully saturated rings. The van der Waals surface area contributed by atoms with Crippen LogP contribution in [0.25, 0.3) is 0 Å². The first kappa shape index (κ1) is 12.2. The van der Waals surface area contributed by atoms with Crippen LogP contribution in [0.1, 0.15) is 19.8 Å². The molecule has 0 aromatic carbocycles. The third-order valence-electron chi connectivity index (χ3n) is 2.12. The molecule has 0 aliphatic carbocycles. The molecule has 0 aliphatic heterocycles. The standard InChI is InChI=1S/C8H17BrO2Si/c1-5-6-8(9,7(10)11)12(2,3)4/h5-6H2,1-4H3,(H,10,11). The van der Waals surface area contributed by atoms with Crippen molar-refractivity contribution in [2.75, 3.05) is 0 Å². The third kappa shape index (κ3) is 2.33. The summed E-state index contributed by atoms with van der Waals surface area (Å²) in [5, 5.41) is 9.09. The maximum absolute atomic E-state index is 11.0. The molecule has 2 nitrogen and oxygen atoms in total. The Bertz CT molecular complexity index is 176. The fraction of sp³-hybridized carbons (Fsp3) is 0.875. The molecule has 72 valence electrons. The molecule has 4 heteroatoms. The van der Waals surface area contributed by atoms with E-state index in [2.05, 4.69) is 35.6 Å². The van der Waals surface area contributed by atoms with Crippen molar-refractivity contribution in [3.8, 4) is 0 Å². The summed E-state index contributed by atoms with van der Waals surface area (Å²) in [4.78, 5) is 11.0. The van der Waals surface area contributed by atoms with E-state index in [1.807, 2.05) is 6.92 Å². The van der Waals surface area contributed by atoms with E-state index < -0.39 is 18.0 Å². The molecule has 0 heterocycles. The number of rotatable bonds is 4. The highest BCUT2D eigenvalue weighted by Gasteiger charge is 2.46. The number of aliphatic carboxylic acids is 1. The van der Waals surface area contributed by atoms with E-state index in [1.54, 1.807) is 0 Å². The van der Waals surface area contributed by atoms with E-state index >= 15 is 0 Å². The predicted molar refractivity (Wildman–Crippen MR) is 57.5 cm³/mol. The Balaban J connectivity index is 4.75. The minimum absolute atomic E-state index is 0.644. The maximum atomic E-state index is 11.0. The van der Waals surface area contributed by atoms with Crippen molar-refractivity contribution in [1.82, 2.24) is 0 Å². The molecule has 12 heavy (non-hydrogen) atoms. The fourth-order valence-corrected chi connectivity index (χ4v) is 3.19. The molecular weight excluding hydrogens is 236 g/mol. The lowest BCUT2D eigenvalue weighted by atomic mass is 10.2. The summed E-state index contributed by atoms with van der Waals surface area (Å²) in [6.07, 6.45) is 1.62. The van der Waals surface area contributed by atoms with E-state index in [0.717, 1.165) is 12.8 Å². The molecule has 0 rings (SSSR count). The topological polar surface area (TPSA) is 37.3 Å². The van der Waals surface area contributed by atoms with Gasteiger partial charge in [-0.3, -0.25) is 4.79 Å². The van der Waals surface area contributed by atoms with Gasteiger partial charge in [-0.05, 0) is 6.42 Å². The van der Waals surface area contributed by atoms with Crippen LogP contribution in [0, 0.1) is 0 Å². The quantitative estimate of drug-likeness (QED) is 0.618. The molecule has 1 unspecified atom stereocenters. The summed E-state index contributed by atoms with van der Waals surface area (Å²) in [6.45, 7) is 8.24. The molecule has 0 bridgehead atoms. The van der Waals surface area contributed by atoms with Gasteiger partial charge in [0, 0.05) is 0 Å². The minimum atomic E-state index is -1.68. The van der Waals surface area contributed by atoms with Gasteiger partial charge in [-0.1, -0.05) is 48.9 Å². The number of carboxylic acids is 1. The van der Waals surface area contributed by atoms with Gasteiger partial charge in [-0.2, -0.15) is 0 Å². The second-order valence-corrected chi connectivity index (χ2v) is 11.5. The van der Waals surface area contributed by atoms with Gasteiger partial charge in [0.25, 0.3) is 0 Å². The lowest BCUT2D eigenvalue weighted by molar-refractivity contribution is -0.137. The third-order valence-corrected chi connectivity index (χ3v) is 9.27. The number of carbonyl (C=O) groups is 1. The highest BCUT2D eigenvalue weighted by molar-refractivity contribution is 9.11. The van der Waals surface area contributed by atoms with Crippen LogP contribution in [0.5, 0.6) is 0 Å². The van der Waals surface area contributed by atoms with Gasteiger partial charge < -0.3 is 5.11 Å². The van der Waals surface area contributed by atoms with Crippen molar-refractivity contribution in [1.29, 1.82) is 0 Å². The second kappa shape index (κ2) is 3.92. The van der Waals surface area contributed by atoms with Crippen LogP contribution < -0.4 is 0 Å². The Morgan fingerprint density at radius 3 is 2.00 bits per heavy atom. The van der Waals surface area contributed by atoms with Crippen molar-refractivity contribution < 1.29 is 9.90 Å². The van der Waals surface area contributed by atoms with Gasteiger partial charge in [0.05, 0.1) is 8.07 Å². The van der Waals surface area contributed by atoms with Crippen LogP contribution in [0.2, 0.25) is 19.6 Å². The average molecular weight is 253 g/mol. The van der Waals surface area contributed by atoms with Gasteiger partial charge in [-0.15, -0.1) is 0 Å². The van der Waals surface area contributed by atoms with Crippen molar-refractivity contribution >= 4 is 30.0 Å². The monoisotopic (exact) mass is 252 g/mol. The van der Waals surface area contributed by atoms with Crippen LogP contribution in [-0.4, -0.2) is 23.1 Å². The lowest BCUT2D eigenvalue weighted by Gasteiger charge is -2.34. The molecule has 0 saturated heterocycles. The van der Waals surface area contributed by atoms with Crippen LogP contribution in [0.4, 0.5) is 0 Å². The van der Waals surface area contributed by atoms with Crippen molar-refractivity contribution in [3.05, 3.63) is 0 Å². The minimum Gasteiger partial charge on any atom is -0.480 e. The Labute approximate surface area is 83.5 Å². The summed E-state index contributed by atoms with van der Waals surface area (Å²) in [5.41, 5.74) is 0. The molecule has 0 amide bonds. The van der Waals surface area contributed by atoms with Crippen molar-refractivity contribution in [2.24, 2.45) is 0 Å². The zero-order valence-corrected chi connectivity index (χ0v) is 10.7. The Hall–Kier alpha value is 0.167. The normalized spacial score (nSPS) is 17.1. The van der Waals surface area contributed by atoms with Crippen LogP contribution in [0.15, 0.2) is 0 Å². The maximum Gasteiger partial charge on any atom is 0.317 e. The SMILES string of the molecule is CCCC(Br)(C(=O)O)[Si](C)(C)C. The molecule has 1 atom stereocenters. The highest BCUT2D eigenvalue weighted by Crippen LogP contribution is 2.34. The molecule has 0 spiro atoms. The molecule has 0 aliphatic rings. The van der Waals surface area contributed by atoms with Gasteiger partial charge in [-0.25, -0.2) is 0 Å². The summed E-state index contributed by atoms with van der Waals surface area (Å²) < 4.78 is -0.644. The van der Waals surface area contributed by atoms with Crippen LogP contribution in [-0.2, 0) is 4.79 Å². The zero-order valence-electron chi connectivity index (χ0n) is 8.15. The smallest absolute Gasteiger partial charge is 0.317 e. The molecular formula is C8H17BrO2Si. The molecule has 1 N–H and O–H groups in total. The summed E-state index contributed by atoms with van der Waals surface area (Å²) >= 11 is 3.39. The zero-order chi connectivity index (χ0) is 9.99. The van der Waals surface area contributed by atoms with Gasteiger partial charge in [0.2, 0.25) is 0 Å². The molecule has 0 saturated carbocycles. The molecule has 0 radical (unpaired) electrons. The van der Waals surface area contributed by atoms with E-state index in [-0.39, 0.29) is 0 Å². The number of halogens is 1. The van der Waals surface area contributed by atoms with E-state index in [4.69, 9.17) is 5.11 Å². The highest BCUT2D eigenvalue weighted by atomic mass is 79.9. The largest absolute Gasteiger partial charge is 0.480 e. The summed E-state index contributed by atoms with van der Waals surface area (Å²) in [6, 6.07) is 0. The fourth-order valence-electron chi connectivity index (χ4n) is 1.15. The lowest BCUT2D eigenvalue weighted by Crippen LogP contribution is -2.53. The average Bonchev–Trinajstić information content (AvgIpc) is 1.85. The van der Waals surface area contributed by atoms with Gasteiger partial charge >= 0.3 is 5.97 Å². The predicted octanol–water partition coefficient (Wildman–Crippen LogP) is 2.88. The van der Waals surface area contributed by atoms with E-state index in [1.165, 1.54) is 0 Å². The summed E-state index contributed by atoms with van der Waals surface area (Å²) in [7, 11) is -1.68. The summed E-state index contributed by atoms with van der Waals surface area (Å²) in [5.74, 6) is -0.705. The van der Waals surface area contributed by atoms with Crippen LogP contribution in [0.3, 0.4) is 0 Å². The van der Waals surface area contributed by atoms with Crippen LogP contribution >= 0.6 is 15.9 Å². The van der Waals surface area contributed by atoms with Crippen molar-refractivity contribution in [3.63, 3.8) is 0 Å². The first-order valence-corrected chi connectivity index (χ1v) is 8.47. The molecule has 0 aromatic heterocycles. The van der Waals surface area contributed by atoms with Crippen molar-refractivity contribution in [2.45, 2.75) is 43.4 Å². The number of hydrogen-bond acceptors (Lipinski definition) is 1. The number of hydrogen-bond donors (Lipinski definition) is 1. The Morgan fingerprint density at radius 1 is 1.50 bits per heavy atom. The van der Waals surface area contributed by atoms with Gasteiger partial charge in [0.1, 0.15) is 3.95 Å². The molecule has 0 aromatic rings.